The van der Waals surface area contributed by atoms with Crippen molar-refractivity contribution in [1.82, 2.24) is 0 Å². The van der Waals surface area contributed by atoms with Crippen molar-refractivity contribution in [1.29, 1.82) is 0 Å². The van der Waals surface area contributed by atoms with Crippen LogP contribution < -0.4 is 5.73 Å². The maximum Gasteiger partial charge on any atom is 0.00971 e. The summed E-state index contributed by atoms with van der Waals surface area (Å²) in [5.74, 6) is 1.99. The molecule has 10 heavy (non-hydrogen) atoms. The van der Waals surface area contributed by atoms with Crippen molar-refractivity contribution in [3.63, 3.8) is 0 Å². The van der Waals surface area contributed by atoms with Crippen molar-refractivity contribution < 1.29 is 0 Å². The van der Waals surface area contributed by atoms with Gasteiger partial charge < -0.3 is 5.73 Å². The standard InChI is InChI=1S/C9H19N/c1-7-6-8(7)4-5-9(2,3)10/h7-8H,4-6,10H2,1-3H3. The molecule has 1 nitrogen and oxygen atoms in total. The van der Waals surface area contributed by atoms with Gasteiger partial charge in [-0.15, -0.1) is 0 Å². The second-order valence-corrected chi connectivity index (χ2v) is 4.50. The maximum atomic E-state index is 5.86. The van der Waals surface area contributed by atoms with E-state index in [9.17, 15) is 0 Å². The monoisotopic (exact) mass is 141 g/mol. The van der Waals surface area contributed by atoms with E-state index in [1.54, 1.807) is 0 Å². The highest BCUT2D eigenvalue weighted by atomic mass is 14.7. The summed E-state index contributed by atoms with van der Waals surface area (Å²) in [6.45, 7) is 6.55. The van der Waals surface area contributed by atoms with Gasteiger partial charge in [-0.25, -0.2) is 0 Å². The van der Waals surface area contributed by atoms with Crippen LogP contribution in [0.1, 0.15) is 40.0 Å². The SMILES string of the molecule is CC1CC1CCC(C)(C)N. The summed E-state index contributed by atoms with van der Waals surface area (Å²) in [7, 11) is 0. The highest BCUT2D eigenvalue weighted by Gasteiger charge is 2.32. The van der Waals surface area contributed by atoms with E-state index in [1.807, 2.05) is 0 Å². The third-order valence-electron chi connectivity index (χ3n) is 2.44. The Bertz CT molecular complexity index is 112. The van der Waals surface area contributed by atoms with Gasteiger partial charge in [-0.3, -0.25) is 0 Å². The lowest BCUT2D eigenvalue weighted by Gasteiger charge is -2.17. The van der Waals surface area contributed by atoms with E-state index < -0.39 is 0 Å². The third kappa shape index (κ3) is 2.70. The average molecular weight is 141 g/mol. The van der Waals surface area contributed by atoms with Crippen LogP contribution in [0.3, 0.4) is 0 Å². The van der Waals surface area contributed by atoms with Crippen molar-refractivity contribution >= 4 is 0 Å². The lowest BCUT2D eigenvalue weighted by molar-refractivity contribution is 0.437. The van der Waals surface area contributed by atoms with Crippen molar-refractivity contribution in [2.75, 3.05) is 0 Å². The molecule has 1 rings (SSSR count). The van der Waals surface area contributed by atoms with E-state index in [4.69, 9.17) is 5.73 Å². The van der Waals surface area contributed by atoms with E-state index in [1.165, 1.54) is 19.3 Å². The Balaban J connectivity index is 2.06. The largest absolute Gasteiger partial charge is 0.326 e. The van der Waals surface area contributed by atoms with E-state index in [0.29, 0.717) is 0 Å². The molecular formula is C9H19N. The average Bonchev–Trinajstić information content (AvgIpc) is 2.40. The number of rotatable bonds is 3. The molecule has 0 aromatic rings. The summed E-state index contributed by atoms with van der Waals surface area (Å²) >= 11 is 0. The molecule has 0 aromatic carbocycles. The first-order valence-electron chi connectivity index (χ1n) is 4.28. The second-order valence-electron chi connectivity index (χ2n) is 4.50. The number of hydrogen-bond acceptors (Lipinski definition) is 1. The Morgan fingerprint density at radius 1 is 1.50 bits per heavy atom. The molecule has 0 saturated heterocycles. The summed E-state index contributed by atoms with van der Waals surface area (Å²) in [6.07, 6.45) is 3.96. The Hall–Kier alpha value is -0.0400. The fourth-order valence-electron chi connectivity index (χ4n) is 1.36. The van der Waals surface area contributed by atoms with Crippen LogP contribution in [0, 0.1) is 11.8 Å². The van der Waals surface area contributed by atoms with Crippen molar-refractivity contribution in [2.45, 2.75) is 45.6 Å². The van der Waals surface area contributed by atoms with E-state index in [0.717, 1.165) is 11.8 Å². The predicted octanol–water partition coefficient (Wildman–Crippen LogP) is 2.16. The first-order chi connectivity index (χ1) is 4.49. The molecule has 0 spiro atoms. The van der Waals surface area contributed by atoms with Gasteiger partial charge in [-0.05, 0) is 44.9 Å². The molecule has 0 heterocycles. The normalized spacial score (nSPS) is 32.4. The molecule has 0 bridgehead atoms. The molecule has 1 saturated carbocycles. The minimum Gasteiger partial charge on any atom is -0.326 e. The Morgan fingerprint density at radius 2 is 2.00 bits per heavy atom. The fraction of sp³-hybridized carbons (Fsp3) is 1.00. The molecular weight excluding hydrogens is 122 g/mol. The molecule has 0 radical (unpaired) electrons. The van der Waals surface area contributed by atoms with Gasteiger partial charge in [0.1, 0.15) is 0 Å². The lowest BCUT2D eigenvalue weighted by Crippen LogP contribution is -2.31. The van der Waals surface area contributed by atoms with Crippen molar-refractivity contribution in [3.05, 3.63) is 0 Å². The predicted molar refractivity (Wildman–Crippen MR) is 44.8 cm³/mol. The first-order valence-corrected chi connectivity index (χ1v) is 4.28. The number of hydrogen-bond donors (Lipinski definition) is 1. The van der Waals surface area contributed by atoms with Gasteiger partial charge in [0.05, 0.1) is 0 Å². The van der Waals surface area contributed by atoms with Gasteiger partial charge >= 0.3 is 0 Å². The molecule has 60 valence electrons. The molecule has 0 amide bonds. The van der Waals surface area contributed by atoms with Crippen LogP contribution in [0.2, 0.25) is 0 Å². The highest BCUT2D eigenvalue weighted by molar-refractivity contribution is 4.85. The summed E-state index contributed by atoms with van der Waals surface area (Å²) in [6, 6.07) is 0. The smallest absolute Gasteiger partial charge is 0.00971 e. The molecule has 0 aromatic heterocycles. The zero-order valence-electron chi connectivity index (χ0n) is 7.35. The Morgan fingerprint density at radius 3 is 2.30 bits per heavy atom. The van der Waals surface area contributed by atoms with Crippen LogP contribution in [-0.4, -0.2) is 5.54 Å². The van der Waals surface area contributed by atoms with Crippen LogP contribution in [0.15, 0.2) is 0 Å². The van der Waals surface area contributed by atoms with Crippen LogP contribution in [0.5, 0.6) is 0 Å². The summed E-state index contributed by atoms with van der Waals surface area (Å²) in [4.78, 5) is 0. The van der Waals surface area contributed by atoms with Crippen molar-refractivity contribution in [3.8, 4) is 0 Å². The van der Waals surface area contributed by atoms with Crippen LogP contribution in [-0.2, 0) is 0 Å². The summed E-state index contributed by atoms with van der Waals surface area (Å²) in [5, 5.41) is 0. The van der Waals surface area contributed by atoms with Gasteiger partial charge in [0.15, 0.2) is 0 Å². The summed E-state index contributed by atoms with van der Waals surface area (Å²) < 4.78 is 0. The first kappa shape index (κ1) is 8.06. The van der Waals surface area contributed by atoms with Gasteiger partial charge in [0, 0.05) is 5.54 Å². The molecule has 2 unspecified atom stereocenters. The van der Waals surface area contributed by atoms with Gasteiger partial charge in [0.25, 0.3) is 0 Å². The molecule has 1 heteroatoms. The Kier molecular flexibility index (Phi) is 2.04. The van der Waals surface area contributed by atoms with Gasteiger partial charge in [-0.1, -0.05) is 6.92 Å². The molecule has 1 aliphatic carbocycles. The van der Waals surface area contributed by atoms with E-state index in [2.05, 4.69) is 20.8 Å². The second kappa shape index (κ2) is 2.54. The van der Waals surface area contributed by atoms with Crippen molar-refractivity contribution in [2.24, 2.45) is 17.6 Å². The van der Waals surface area contributed by atoms with Crippen LogP contribution >= 0.6 is 0 Å². The lowest BCUT2D eigenvalue weighted by atomic mass is 9.98. The zero-order valence-corrected chi connectivity index (χ0v) is 7.35. The van der Waals surface area contributed by atoms with E-state index in [-0.39, 0.29) is 5.54 Å². The Labute approximate surface area is 64.0 Å². The van der Waals surface area contributed by atoms with Crippen LogP contribution in [0.25, 0.3) is 0 Å². The quantitative estimate of drug-likeness (QED) is 0.640. The third-order valence-corrected chi connectivity index (χ3v) is 2.44. The fourth-order valence-corrected chi connectivity index (χ4v) is 1.36. The van der Waals surface area contributed by atoms with Gasteiger partial charge in [-0.2, -0.15) is 0 Å². The van der Waals surface area contributed by atoms with Crippen LogP contribution in [0.4, 0.5) is 0 Å². The topological polar surface area (TPSA) is 26.0 Å². The van der Waals surface area contributed by atoms with E-state index >= 15 is 0 Å². The zero-order chi connectivity index (χ0) is 7.78. The molecule has 0 aliphatic heterocycles. The maximum absolute atomic E-state index is 5.86. The molecule has 1 aliphatic rings. The minimum atomic E-state index is 0.0578. The minimum absolute atomic E-state index is 0.0578. The molecule has 2 atom stereocenters. The highest BCUT2D eigenvalue weighted by Crippen LogP contribution is 2.41. The summed E-state index contributed by atoms with van der Waals surface area (Å²) in [5.41, 5.74) is 5.91. The number of nitrogens with two attached hydrogens (primary N) is 1. The van der Waals surface area contributed by atoms with Gasteiger partial charge in [0.2, 0.25) is 0 Å². The molecule has 2 N–H and O–H groups in total. The molecule has 1 fully saturated rings.